The number of rotatable bonds is 3. The lowest BCUT2D eigenvalue weighted by Gasteiger charge is -2.28. The van der Waals surface area contributed by atoms with Gasteiger partial charge in [0.1, 0.15) is 5.75 Å². The highest BCUT2D eigenvalue weighted by Crippen LogP contribution is 2.29. The van der Waals surface area contributed by atoms with Gasteiger partial charge >= 0.3 is 0 Å². The molecule has 5 nitrogen and oxygen atoms in total. The first-order valence-corrected chi connectivity index (χ1v) is 7.78. The van der Waals surface area contributed by atoms with Crippen LogP contribution in [0.1, 0.15) is 12.8 Å². The highest BCUT2D eigenvalue weighted by molar-refractivity contribution is 7.89. The topological polar surface area (TPSA) is 66.8 Å². The molecule has 106 valence electrons. The molecule has 1 aliphatic rings. The number of nitrogens with zero attached hydrogens (tertiary/aromatic N) is 1. The Bertz CT molecular complexity index is 553. The van der Waals surface area contributed by atoms with Crippen LogP contribution in [0.15, 0.2) is 23.1 Å². The van der Waals surface area contributed by atoms with Crippen LogP contribution in [0.2, 0.25) is 5.02 Å². The van der Waals surface area contributed by atoms with Crippen molar-refractivity contribution >= 4 is 21.6 Å². The lowest BCUT2D eigenvalue weighted by molar-refractivity contribution is 0.113. The normalized spacial score (nSPS) is 18.5. The van der Waals surface area contributed by atoms with E-state index in [1.807, 2.05) is 0 Å². The average Bonchev–Trinajstić information content (AvgIpc) is 2.39. The van der Waals surface area contributed by atoms with E-state index in [0.717, 1.165) is 0 Å². The molecule has 0 saturated carbocycles. The molecule has 1 heterocycles. The number of sulfonamides is 1. The van der Waals surface area contributed by atoms with Crippen molar-refractivity contribution in [3.05, 3.63) is 23.2 Å². The Kier molecular flexibility index (Phi) is 4.35. The summed E-state index contributed by atoms with van der Waals surface area (Å²) >= 11 is 5.95. The first kappa shape index (κ1) is 14.6. The summed E-state index contributed by atoms with van der Waals surface area (Å²) in [7, 11) is -2.08. The summed E-state index contributed by atoms with van der Waals surface area (Å²) in [5.41, 5.74) is 0. The number of benzene rings is 1. The molecule has 0 aromatic heterocycles. The minimum absolute atomic E-state index is 0.148. The van der Waals surface area contributed by atoms with Gasteiger partial charge in [-0.2, -0.15) is 4.31 Å². The van der Waals surface area contributed by atoms with Gasteiger partial charge in [-0.3, -0.25) is 0 Å². The second-order valence-corrected chi connectivity index (χ2v) is 6.78. The maximum Gasteiger partial charge on any atom is 0.243 e. The number of hydrogen-bond acceptors (Lipinski definition) is 4. The van der Waals surface area contributed by atoms with Gasteiger partial charge in [0.15, 0.2) is 0 Å². The van der Waals surface area contributed by atoms with Gasteiger partial charge in [-0.05, 0) is 31.0 Å². The van der Waals surface area contributed by atoms with Crippen LogP contribution >= 0.6 is 11.6 Å². The molecular formula is C12H16ClNO4S. The van der Waals surface area contributed by atoms with Gasteiger partial charge in [0.05, 0.1) is 23.1 Å². The fraction of sp³-hybridized carbons (Fsp3) is 0.500. The highest BCUT2D eigenvalue weighted by atomic mass is 35.5. The van der Waals surface area contributed by atoms with Crippen molar-refractivity contribution < 1.29 is 18.3 Å². The minimum Gasteiger partial charge on any atom is -0.495 e. The number of aliphatic hydroxyl groups excluding tert-OH is 1. The van der Waals surface area contributed by atoms with Crippen LogP contribution in [0.3, 0.4) is 0 Å². The molecule has 1 aliphatic heterocycles. The summed E-state index contributed by atoms with van der Waals surface area (Å²) < 4.78 is 31.2. The Balaban J connectivity index is 2.27. The molecule has 1 aromatic rings. The van der Waals surface area contributed by atoms with Crippen molar-refractivity contribution in [3.8, 4) is 5.75 Å². The van der Waals surface area contributed by atoms with E-state index in [1.165, 1.54) is 29.6 Å². The first-order valence-electron chi connectivity index (χ1n) is 5.97. The summed E-state index contributed by atoms with van der Waals surface area (Å²) in [6, 6.07) is 4.40. The molecule has 0 bridgehead atoms. The molecule has 0 spiro atoms. The second kappa shape index (κ2) is 5.66. The van der Waals surface area contributed by atoms with Gasteiger partial charge in [-0.15, -0.1) is 0 Å². The zero-order valence-corrected chi connectivity index (χ0v) is 12.1. The van der Waals surface area contributed by atoms with Gasteiger partial charge in [-0.25, -0.2) is 8.42 Å². The zero-order valence-electron chi connectivity index (χ0n) is 10.5. The van der Waals surface area contributed by atoms with Crippen LogP contribution in [0.4, 0.5) is 0 Å². The molecule has 0 amide bonds. The molecule has 1 N–H and O–H groups in total. The first-order chi connectivity index (χ1) is 8.95. The fourth-order valence-electron chi connectivity index (χ4n) is 2.04. The van der Waals surface area contributed by atoms with Gasteiger partial charge in [-0.1, -0.05) is 11.6 Å². The summed E-state index contributed by atoms with van der Waals surface area (Å²) in [6.45, 7) is 0.653. The molecule has 0 radical (unpaired) electrons. The number of hydrogen-bond donors (Lipinski definition) is 1. The van der Waals surface area contributed by atoms with Gasteiger partial charge in [0.25, 0.3) is 0 Å². The Morgan fingerprint density at radius 1 is 1.37 bits per heavy atom. The Morgan fingerprint density at radius 3 is 2.53 bits per heavy atom. The lowest BCUT2D eigenvalue weighted by atomic mass is 10.1. The zero-order chi connectivity index (χ0) is 14.0. The van der Waals surface area contributed by atoms with Crippen LogP contribution in [0.5, 0.6) is 5.75 Å². The number of methoxy groups -OCH3 is 1. The van der Waals surface area contributed by atoms with E-state index in [2.05, 4.69) is 0 Å². The Morgan fingerprint density at radius 2 is 2.00 bits per heavy atom. The van der Waals surface area contributed by atoms with Crippen LogP contribution in [0, 0.1) is 0 Å². The van der Waals surface area contributed by atoms with Crippen LogP contribution in [-0.4, -0.2) is 44.1 Å². The van der Waals surface area contributed by atoms with Gasteiger partial charge in [0.2, 0.25) is 10.0 Å². The number of aliphatic hydroxyl groups is 1. The van der Waals surface area contributed by atoms with Crippen LogP contribution in [-0.2, 0) is 10.0 Å². The monoisotopic (exact) mass is 305 g/mol. The molecule has 2 rings (SSSR count). The summed E-state index contributed by atoms with van der Waals surface area (Å²) in [5, 5.41) is 9.68. The minimum atomic E-state index is -3.55. The molecule has 1 aromatic carbocycles. The molecule has 19 heavy (non-hydrogen) atoms. The van der Waals surface area contributed by atoms with Crippen molar-refractivity contribution in [1.82, 2.24) is 4.31 Å². The molecular weight excluding hydrogens is 290 g/mol. The van der Waals surface area contributed by atoms with Crippen LogP contribution < -0.4 is 4.74 Å². The summed E-state index contributed by atoms with van der Waals surface area (Å²) in [4.78, 5) is 0.148. The number of halogens is 1. The van der Waals surface area contributed by atoms with E-state index < -0.39 is 16.1 Å². The van der Waals surface area contributed by atoms with Crippen molar-refractivity contribution in [3.63, 3.8) is 0 Å². The van der Waals surface area contributed by atoms with E-state index >= 15 is 0 Å². The smallest absolute Gasteiger partial charge is 0.243 e. The van der Waals surface area contributed by atoms with Gasteiger partial charge < -0.3 is 9.84 Å². The van der Waals surface area contributed by atoms with Crippen molar-refractivity contribution in [2.75, 3.05) is 20.2 Å². The maximum atomic E-state index is 12.4. The molecule has 1 saturated heterocycles. The maximum absolute atomic E-state index is 12.4. The van der Waals surface area contributed by atoms with E-state index in [4.69, 9.17) is 16.3 Å². The third-order valence-corrected chi connectivity index (χ3v) is 5.37. The predicted octanol–water partition coefficient (Wildman–Crippen LogP) is 1.49. The molecule has 0 unspecified atom stereocenters. The number of piperidine rings is 1. The third kappa shape index (κ3) is 3.02. The molecule has 7 heteroatoms. The molecule has 0 atom stereocenters. The highest BCUT2D eigenvalue weighted by Gasteiger charge is 2.29. The van der Waals surface area contributed by atoms with Crippen molar-refractivity contribution in [2.24, 2.45) is 0 Å². The SMILES string of the molecule is COc1ccc(S(=O)(=O)N2CCC(O)CC2)cc1Cl. The molecule has 1 fully saturated rings. The Labute approximate surface area is 117 Å². The third-order valence-electron chi connectivity index (χ3n) is 3.18. The van der Waals surface area contributed by atoms with Crippen LogP contribution in [0.25, 0.3) is 0 Å². The standard InChI is InChI=1S/C12H16ClNO4S/c1-18-12-3-2-10(8-11(12)13)19(16,17)14-6-4-9(15)5-7-14/h2-3,8-9,15H,4-7H2,1H3. The summed E-state index contributed by atoms with van der Waals surface area (Å²) in [5.74, 6) is 0.440. The van der Waals surface area contributed by atoms with Crippen molar-refractivity contribution in [2.45, 2.75) is 23.8 Å². The van der Waals surface area contributed by atoms with Gasteiger partial charge in [0, 0.05) is 13.1 Å². The number of ether oxygens (including phenoxy) is 1. The van der Waals surface area contributed by atoms with E-state index in [1.54, 1.807) is 0 Å². The van der Waals surface area contributed by atoms with Crippen molar-refractivity contribution in [1.29, 1.82) is 0 Å². The largest absolute Gasteiger partial charge is 0.495 e. The summed E-state index contributed by atoms with van der Waals surface area (Å²) in [6.07, 6.45) is 0.512. The van der Waals surface area contributed by atoms with E-state index in [-0.39, 0.29) is 9.92 Å². The Hall–Kier alpha value is -0.820. The molecule has 0 aliphatic carbocycles. The lowest BCUT2D eigenvalue weighted by Crippen LogP contribution is -2.39. The fourth-order valence-corrected chi connectivity index (χ4v) is 3.86. The van der Waals surface area contributed by atoms with E-state index in [9.17, 15) is 13.5 Å². The second-order valence-electron chi connectivity index (χ2n) is 4.43. The predicted molar refractivity (Wildman–Crippen MR) is 72.0 cm³/mol. The average molecular weight is 306 g/mol. The quantitative estimate of drug-likeness (QED) is 0.919. The van der Waals surface area contributed by atoms with E-state index in [0.29, 0.717) is 31.7 Å².